The first-order chi connectivity index (χ1) is 8.29. The molecule has 0 saturated carbocycles. The van der Waals surface area contributed by atoms with Gasteiger partial charge in [-0.25, -0.2) is 0 Å². The third-order valence-corrected chi connectivity index (χ3v) is 2.12. The minimum atomic E-state index is -4.28. The van der Waals surface area contributed by atoms with Crippen molar-refractivity contribution >= 4 is 11.4 Å². The average Bonchev–Trinajstić information content (AvgIpc) is 2.24. The average molecular weight is 264 g/mol. The van der Waals surface area contributed by atoms with Crippen LogP contribution in [-0.4, -0.2) is 17.7 Å². The molecule has 18 heavy (non-hydrogen) atoms. The highest BCUT2D eigenvalue weighted by molar-refractivity contribution is 5.52. The second-order valence-electron chi connectivity index (χ2n) is 3.56. The SMILES string of the molecule is Nc1ccc([N+](=O)[O-])cc1COCCC(F)(F)F. The van der Waals surface area contributed by atoms with Crippen LogP contribution in [0.2, 0.25) is 0 Å². The summed E-state index contributed by atoms with van der Waals surface area (Å²) in [5, 5.41) is 10.5. The highest BCUT2D eigenvalue weighted by Gasteiger charge is 2.26. The van der Waals surface area contributed by atoms with Gasteiger partial charge in [0.1, 0.15) is 0 Å². The highest BCUT2D eigenvalue weighted by Crippen LogP contribution is 2.22. The monoisotopic (exact) mass is 264 g/mol. The van der Waals surface area contributed by atoms with Crippen LogP contribution in [0.3, 0.4) is 0 Å². The van der Waals surface area contributed by atoms with Crippen LogP contribution in [0.25, 0.3) is 0 Å². The summed E-state index contributed by atoms with van der Waals surface area (Å²) < 4.78 is 40.3. The van der Waals surface area contributed by atoms with Gasteiger partial charge in [0.15, 0.2) is 0 Å². The Morgan fingerprint density at radius 2 is 2.06 bits per heavy atom. The van der Waals surface area contributed by atoms with Crippen LogP contribution < -0.4 is 5.73 Å². The van der Waals surface area contributed by atoms with Crippen LogP contribution in [0.15, 0.2) is 18.2 Å². The number of hydrogen-bond donors (Lipinski definition) is 1. The lowest BCUT2D eigenvalue weighted by Crippen LogP contribution is -2.11. The van der Waals surface area contributed by atoms with Gasteiger partial charge in [-0.2, -0.15) is 13.2 Å². The highest BCUT2D eigenvalue weighted by atomic mass is 19.4. The van der Waals surface area contributed by atoms with E-state index >= 15 is 0 Å². The molecule has 0 unspecified atom stereocenters. The van der Waals surface area contributed by atoms with Crippen molar-refractivity contribution in [2.24, 2.45) is 0 Å². The molecule has 1 aromatic rings. The third kappa shape index (κ3) is 4.58. The van der Waals surface area contributed by atoms with E-state index in [-0.39, 0.29) is 18.0 Å². The fraction of sp³-hybridized carbons (Fsp3) is 0.400. The Labute approximate surface area is 100 Å². The molecule has 0 bridgehead atoms. The van der Waals surface area contributed by atoms with E-state index in [0.29, 0.717) is 5.56 Å². The molecule has 2 N–H and O–H groups in total. The van der Waals surface area contributed by atoms with Gasteiger partial charge in [0.25, 0.3) is 5.69 Å². The maximum atomic E-state index is 11.8. The Morgan fingerprint density at radius 1 is 1.39 bits per heavy atom. The number of alkyl halides is 3. The molecule has 8 heteroatoms. The normalized spacial score (nSPS) is 11.5. The van der Waals surface area contributed by atoms with Crippen molar-refractivity contribution in [1.29, 1.82) is 0 Å². The number of nitrogens with two attached hydrogens (primary N) is 1. The first-order valence-corrected chi connectivity index (χ1v) is 4.97. The quantitative estimate of drug-likeness (QED) is 0.384. The number of nitrogen functional groups attached to an aromatic ring is 1. The lowest BCUT2D eigenvalue weighted by Gasteiger charge is -2.08. The summed E-state index contributed by atoms with van der Waals surface area (Å²) in [5.41, 5.74) is 5.89. The van der Waals surface area contributed by atoms with Gasteiger partial charge in [-0.05, 0) is 6.07 Å². The maximum absolute atomic E-state index is 11.8. The van der Waals surface area contributed by atoms with Crippen LogP contribution >= 0.6 is 0 Å². The minimum absolute atomic E-state index is 0.182. The van der Waals surface area contributed by atoms with Crippen molar-refractivity contribution in [3.8, 4) is 0 Å². The Balaban J connectivity index is 2.56. The number of rotatable bonds is 5. The molecule has 0 radical (unpaired) electrons. The third-order valence-electron chi connectivity index (χ3n) is 2.12. The largest absolute Gasteiger partial charge is 0.398 e. The van der Waals surface area contributed by atoms with Gasteiger partial charge >= 0.3 is 6.18 Å². The van der Waals surface area contributed by atoms with Crippen molar-refractivity contribution in [3.05, 3.63) is 33.9 Å². The second-order valence-corrected chi connectivity index (χ2v) is 3.56. The van der Waals surface area contributed by atoms with Crippen molar-refractivity contribution < 1.29 is 22.8 Å². The van der Waals surface area contributed by atoms with Gasteiger partial charge in [-0.3, -0.25) is 10.1 Å². The zero-order chi connectivity index (χ0) is 13.8. The van der Waals surface area contributed by atoms with E-state index in [0.717, 1.165) is 0 Å². The van der Waals surface area contributed by atoms with Crippen LogP contribution in [0, 0.1) is 10.1 Å². The number of ether oxygens (including phenoxy) is 1. The number of nitro groups is 1. The summed E-state index contributed by atoms with van der Waals surface area (Å²) in [6.07, 6.45) is -5.35. The zero-order valence-corrected chi connectivity index (χ0v) is 9.24. The molecule has 0 saturated heterocycles. The van der Waals surface area contributed by atoms with E-state index in [1.807, 2.05) is 0 Å². The fourth-order valence-corrected chi connectivity index (χ4v) is 1.20. The molecular weight excluding hydrogens is 253 g/mol. The number of nitro benzene ring substituents is 1. The van der Waals surface area contributed by atoms with Gasteiger partial charge in [-0.15, -0.1) is 0 Å². The Bertz CT molecular complexity index is 435. The summed E-state index contributed by atoms with van der Waals surface area (Å²) in [7, 11) is 0. The van der Waals surface area contributed by atoms with Gasteiger partial charge in [0.2, 0.25) is 0 Å². The van der Waals surface area contributed by atoms with Crippen LogP contribution in [0.5, 0.6) is 0 Å². The van der Waals surface area contributed by atoms with E-state index in [4.69, 9.17) is 10.5 Å². The number of halogens is 3. The molecular formula is C10H11F3N2O3. The van der Waals surface area contributed by atoms with E-state index < -0.39 is 24.1 Å². The fourth-order valence-electron chi connectivity index (χ4n) is 1.20. The number of anilines is 1. The maximum Gasteiger partial charge on any atom is 0.391 e. The standard InChI is InChI=1S/C10H11F3N2O3/c11-10(12,13)3-4-18-6-7-5-8(15(16)17)1-2-9(7)14/h1-2,5H,3-4,6,14H2. The molecule has 0 atom stereocenters. The molecule has 0 spiro atoms. The van der Waals surface area contributed by atoms with E-state index in [1.165, 1.54) is 18.2 Å². The molecule has 0 fully saturated rings. The summed E-state index contributed by atoms with van der Waals surface area (Å²) >= 11 is 0. The smallest absolute Gasteiger partial charge is 0.391 e. The zero-order valence-electron chi connectivity index (χ0n) is 9.24. The first kappa shape index (κ1) is 14.2. The van der Waals surface area contributed by atoms with Crippen molar-refractivity contribution in [2.45, 2.75) is 19.2 Å². The number of hydrogen-bond acceptors (Lipinski definition) is 4. The van der Waals surface area contributed by atoms with Gasteiger partial charge in [-0.1, -0.05) is 0 Å². The van der Waals surface area contributed by atoms with Gasteiger partial charge in [0, 0.05) is 23.4 Å². The van der Waals surface area contributed by atoms with E-state index in [2.05, 4.69) is 0 Å². The summed E-state index contributed by atoms with van der Waals surface area (Å²) in [6, 6.07) is 3.72. The van der Waals surface area contributed by atoms with Crippen LogP contribution in [0.4, 0.5) is 24.5 Å². The molecule has 0 amide bonds. The second kappa shape index (κ2) is 5.67. The van der Waals surface area contributed by atoms with Crippen molar-refractivity contribution in [3.63, 3.8) is 0 Å². The van der Waals surface area contributed by atoms with E-state index in [9.17, 15) is 23.3 Å². The number of nitrogens with zero attached hydrogens (tertiary/aromatic N) is 1. The first-order valence-electron chi connectivity index (χ1n) is 4.97. The molecule has 5 nitrogen and oxygen atoms in total. The number of benzene rings is 1. The number of non-ortho nitro benzene ring substituents is 1. The molecule has 0 aromatic heterocycles. The molecule has 1 aromatic carbocycles. The van der Waals surface area contributed by atoms with E-state index in [1.54, 1.807) is 0 Å². The predicted octanol–water partition coefficient (Wildman–Crippen LogP) is 2.65. The Hall–Kier alpha value is -1.83. The minimum Gasteiger partial charge on any atom is -0.398 e. The molecule has 100 valence electrons. The lowest BCUT2D eigenvalue weighted by molar-refractivity contribution is -0.384. The molecule has 1 rings (SSSR count). The predicted molar refractivity (Wildman–Crippen MR) is 57.8 cm³/mol. The molecule has 0 aliphatic rings. The van der Waals surface area contributed by atoms with Crippen LogP contribution in [0.1, 0.15) is 12.0 Å². The molecule has 0 aliphatic heterocycles. The van der Waals surface area contributed by atoms with Crippen LogP contribution in [-0.2, 0) is 11.3 Å². The molecule has 0 heterocycles. The summed E-state index contributed by atoms with van der Waals surface area (Å²) in [6.45, 7) is -0.699. The molecule has 0 aliphatic carbocycles. The Kier molecular flexibility index (Phi) is 4.49. The topological polar surface area (TPSA) is 78.4 Å². The summed E-state index contributed by atoms with van der Waals surface area (Å²) in [5.74, 6) is 0. The van der Waals surface area contributed by atoms with Crippen molar-refractivity contribution in [2.75, 3.05) is 12.3 Å². The summed E-state index contributed by atoms with van der Waals surface area (Å²) in [4.78, 5) is 9.89. The van der Waals surface area contributed by atoms with Crippen molar-refractivity contribution in [1.82, 2.24) is 0 Å². The Morgan fingerprint density at radius 3 is 2.61 bits per heavy atom. The lowest BCUT2D eigenvalue weighted by atomic mass is 10.2. The van der Waals surface area contributed by atoms with Gasteiger partial charge in [0.05, 0.1) is 24.6 Å². The van der Waals surface area contributed by atoms with Gasteiger partial charge < -0.3 is 10.5 Å².